The minimum absolute atomic E-state index is 0.0560. The van der Waals surface area contributed by atoms with Crippen molar-refractivity contribution in [3.05, 3.63) is 58.9 Å². The molecule has 0 aliphatic heterocycles. The maximum atomic E-state index is 12.6. The molecule has 1 unspecified atom stereocenters. The summed E-state index contributed by atoms with van der Waals surface area (Å²) < 4.78 is 27.6. The topological polar surface area (TPSA) is 88.2 Å². The first-order valence-electron chi connectivity index (χ1n) is 8.04. The lowest BCUT2D eigenvalue weighted by Gasteiger charge is -2.21. The molecule has 6 nitrogen and oxygen atoms in total. The maximum absolute atomic E-state index is 12.6. The number of hydrogen-bond acceptors (Lipinski definition) is 4. The number of benzene rings is 1. The molecule has 26 heavy (non-hydrogen) atoms. The van der Waals surface area contributed by atoms with E-state index < -0.39 is 21.5 Å². The van der Waals surface area contributed by atoms with E-state index in [1.807, 2.05) is 6.92 Å². The van der Waals surface area contributed by atoms with E-state index >= 15 is 0 Å². The molecular formula is C18H22ClN3O3S. The number of rotatable bonds is 5. The Labute approximate surface area is 159 Å². The van der Waals surface area contributed by atoms with E-state index in [2.05, 4.69) is 15.0 Å². The van der Waals surface area contributed by atoms with Gasteiger partial charge in [0, 0.05) is 23.5 Å². The molecule has 1 aromatic heterocycles. The molecule has 2 N–H and O–H groups in total. The number of hydrogen-bond donors (Lipinski definition) is 2. The number of halogens is 1. The van der Waals surface area contributed by atoms with E-state index in [0.29, 0.717) is 0 Å². The van der Waals surface area contributed by atoms with Crippen LogP contribution in [0.5, 0.6) is 0 Å². The summed E-state index contributed by atoms with van der Waals surface area (Å²) in [4.78, 5) is 16.3. The highest BCUT2D eigenvalue weighted by Gasteiger charge is 2.25. The van der Waals surface area contributed by atoms with Gasteiger partial charge in [-0.25, -0.2) is 13.1 Å². The Kier molecular flexibility index (Phi) is 6.05. The van der Waals surface area contributed by atoms with Crippen LogP contribution in [0.15, 0.2) is 47.6 Å². The quantitative estimate of drug-likeness (QED) is 0.812. The molecule has 0 aliphatic carbocycles. The third-order valence-electron chi connectivity index (χ3n) is 3.48. The fourth-order valence-electron chi connectivity index (χ4n) is 2.32. The Hall–Kier alpha value is -1.96. The second kappa shape index (κ2) is 7.73. The van der Waals surface area contributed by atoms with Crippen molar-refractivity contribution in [2.75, 3.05) is 0 Å². The van der Waals surface area contributed by atoms with E-state index in [4.69, 9.17) is 11.6 Å². The van der Waals surface area contributed by atoms with E-state index in [1.165, 1.54) is 18.2 Å². The number of aromatic nitrogens is 1. The normalized spacial score (nSPS) is 13.3. The van der Waals surface area contributed by atoms with Crippen LogP contribution in [0.4, 0.5) is 0 Å². The number of amides is 1. The predicted octanol–water partition coefficient (Wildman–Crippen LogP) is 3.30. The molecular weight excluding hydrogens is 374 g/mol. The van der Waals surface area contributed by atoms with Gasteiger partial charge < -0.3 is 5.32 Å². The van der Waals surface area contributed by atoms with Crippen LogP contribution in [0, 0.1) is 0 Å². The number of sulfonamides is 1. The van der Waals surface area contributed by atoms with E-state index in [0.717, 1.165) is 5.56 Å². The molecule has 1 heterocycles. The first kappa shape index (κ1) is 20.4. The Morgan fingerprint density at radius 3 is 2.35 bits per heavy atom. The molecule has 1 aromatic carbocycles. The van der Waals surface area contributed by atoms with Gasteiger partial charge in [0.25, 0.3) is 5.91 Å². The Morgan fingerprint density at radius 1 is 1.15 bits per heavy atom. The van der Waals surface area contributed by atoms with Gasteiger partial charge >= 0.3 is 0 Å². The Bertz CT molecular complexity index is 894. The van der Waals surface area contributed by atoms with Crippen molar-refractivity contribution >= 4 is 27.5 Å². The molecule has 1 amide bonds. The number of nitrogens with one attached hydrogen (secondary N) is 2. The molecule has 0 fully saturated rings. The minimum atomic E-state index is -3.86. The highest BCUT2D eigenvalue weighted by Crippen LogP contribution is 2.24. The molecule has 0 aliphatic rings. The predicted molar refractivity (Wildman–Crippen MR) is 102 cm³/mol. The zero-order valence-corrected chi connectivity index (χ0v) is 16.6. The van der Waals surface area contributed by atoms with Gasteiger partial charge in [-0.1, -0.05) is 11.6 Å². The minimum Gasteiger partial charge on any atom is -0.346 e. The molecule has 2 rings (SSSR count). The lowest BCUT2D eigenvalue weighted by Crippen LogP contribution is -2.40. The van der Waals surface area contributed by atoms with Crippen LogP contribution in [0.1, 0.15) is 49.7 Å². The van der Waals surface area contributed by atoms with Crippen molar-refractivity contribution in [3.8, 4) is 0 Å². The van der Waals surface area contributed by atoms with Crippen molar-refractivity contribution in [3.63, 3.8) is 0 Å². The molecule has 0 spiro atoms. The first-order valence-corrected chi connectivity index (χ1v) is 9.90. The number of pyridine rings is 1. The summed E-state index contributed by atoms with van der Waals surface area (Å²) >= 11 is 6.06. The smallest absolute Gasteiger partial charge is 0.251 e. The van der Waals surface area contributed by atoms with E-state index in [9.17, 15) is 13.2 Å². The number of carbonyl (C=O) groups is 1. The second-order valence-corrected chi connectivity index (χ2v) is 9.03. The molecule has 8 heteroatoms. The van der Waals surface area contributed by atoms with E-state index in [1.54, 1.807) is 45.3 Å². The van der Waals surface area contributed by atoms with Crippen LogP contribution >= 0.6 is 11.6 Å². The summed E-state index contributed by atoms with van der Waals surface area (Å²) in [6.07, 6.45) is 3.28. The largest absolute Gasteiger partial charge is 0.346 e. The summed E-state index contributed by atoms with van der Waals surface area (Å²) in [5.41, 5.74) is 0.435. The van der Waals surface area contributed by atoms with Gasteiger partial charge in [0.05, 0.1) is 11.1 Å². The second-order valence-electron chi connectivity index (χ2n) is 6.98. The third kappa shape index (κ3) is 5.27. The van der Waals surface area contributed by atoms with Crippen molar-refractivity contribution in [2.45, 2.75) is 44.2 Å². The molecule has 0 saturated heterocycles. The molecule has 2 aromatic rings. The van der Waals surface area contributed by atoms with Crippen molar-refractivity contribution in [1.29, 1.82) is 0 Å². The highest BCUT2D eigenvalue weighted by molar-refractivity contribution is 7.89. The summed E-state index contributed by atoms with van der Waals surface area (Å²) in [5.74, 6) is -0.391. The summed E-state index contributed by atoms with van der Waals surface area (Å²) in [5, 5.41) is 2.89. The van der Waals surface area contributed by atoms with Crippen LogP contribution < -0.4 is 10.0 Å². The third-order valence-corrected chi connectivity index (χ3v) is 5.72. The van der Waals surface area contributed by atoms with E-state index in [-0.39, 0.29) is 21.5 Å². The molecule has 1 atom stereocenters. The van der Waals surface area contributed by atoms with Crippen molar-refractivity contribution in [1.82, 2.24) is 15.0 Å². The summed E-state index contributed by atoms with van der Waals surface area (Å²) in [7, 11) is -3.86. The van der Waals surface area contributed by atoms with Gasteiger partial charge in [-0.05, 0) is 63.6 Å². The van der Waals surface area contributed by atoms with Gasteiger partial charge in [-0.2, -0.15) is 0 Å². The zero-order chi connectivity index (χ0) is 19.5. The van der Waals surface area contributed by atoms with Crippen LogP contribution in [0.3, 0.4) is 0 Å². The van der Waals surface area contributed by atoms with Crippen molar-refractivity contribution in [2.24, 2.45) is 0 Å². The Balaban J connectivity index is 2.27. The van der Waals surface area contributed by atoms with Crippen LogP contribution in [0.2, 0.25) is 5.02 Å². The number of nitrogens with zero attached hydrogens (tertiary/aromatic N) is 1. The molecule has 0 saturated carbocycles. The van der Waals surface area contributed by atoms with Gasteiger partial charge in [0.15, 0.2) is 0 Å². The average Bonchev–Trinajstić information content (AvgIpc) is 2.53. The summed E-state index contributed by atoms with van der Waals surface area (Å²) in [6.45, 7) is 7.02. The standard InChI is InChI=1S/C18H22ClN3O3S/c1-12(13-7-9-20-10-8-13)21-17(23)14-5-6-15(19)16(11-14)26(24,25)22-18(2,3)4/h5-12,22H,1-4H3,(H,21,23). The van der Waals surface area contributed by atoms with Gasteiger partial charge in [0.1, 0.15) is 4.90 Å². The highest BCUT2D eigenvalue weighted by atomic mass is 35.5. The maximum Gasteiger partial charge on any atom is 0.251 e. The first-order chi connectivity index (χ1) is 12.0. The van der Waals surface area contributed by atoms with Gasteiger partial charge in [-0.15, -0.1) is 0 Å². The number of carbonyl (C=O) groups excluding carboxylic acids is 1. The monoisotopic (exact) mass is 395 g/mol. The van der Waals surface area contributed by atoms with Crippen LogP contribution in [0.25, 0.3) is 0 Å². The summed E-state index contributed by atoms with van der Waals surface area (Å²) in [6, 6.07) is 7.53. The van der Waals surface area contributed by atoms with Crippen LogP contribution in [-0.2, 0) is 10.0 Å². The lowest BCUT2D eigenvalue weighted by atomic mass is 10.1. The van der Waals surface area contributed by atoms with Gasteiger partial charge in [-0.3, -0.25) is 9.78 Å². The molecule has 0 bridgehead atoms. The fraction of sp³-hybridized carbons (Fsp3) is 0.333. The van der Waals surface area contributed by atoms with Gasteiger partial charge in [0.2, 0.25) is 10.0 Å². The van der Waals surface area contributed by atoms with Crippen LogP contribution in [-0.4, -0.2) is 24.8 Å². The zero-order valence-electron chi connectivity index (χ0n) is 15.1. The molecule has 0 radical (unpaired) electrons. The Morgan fingerprint density at radius 2 is 1.77 bits per heavy atom. The fourth-order valence-corrected chi connectivity index (χ4v) is 4.27. The molecule has 140 valence electrons. The lowest BCUT2D eigenvalue weighted by molar-refractivity contribution is 0.0939. The van der Waals surface area contributed by atoms with Crippen molar-refractivity contribution < 1.29 is 13.2 Å². The average molecular weight is 396 g/mol. The SMILES string of the molecule is CC(NC(=O)c1ccc(Cl)c(S(=O)(=O)NC(C)(C)C)c1)c1ccncc1.